The summed E-state index contributed by atoms with van der Waals surface area (Å²) in [5.74, 6) is -0.0430. The Balaban J connectivity index is 2.69. The van der Waals surface area contributed by atoms with Gasteiger partial charge in [0.1, 0.15) is 5.56 Å². The third-order valence-corrected chi connectivity index (χ3v) is 2.28. The number of benzene rings is 1. The lowest BCUT2D eigenvalue weighted by atomic mass is 10.1. The van der Waals surface area contributed by atoms with Gasteiger partial charge in [-0.05, 0) is 19.1 Å². The molecule has 0 aliphatic heterocycles. The van der Waals surface area contributed by atoms with Crippen LogP contribution in [-0.2, 0) is 9.47 Å². The number of rotatable bonds is 7. The maximum Gasteiger partial charge on any atom is 0.342 e. The number of nitrogen functional groups attached to an aromatic ring is 1. The molecule has 0 heterocycles. The summed E-state index contributed by atoms with van der Waals surface area (Å²) >= 11 is 0. The number of anilines is 1. The molecule has 1 aromatic rings. The molecule has 0 saturated carbocycles. The van der Waals surface area contributed by atoms with Crippen LogP contribution in [-0.4, -0.2) is 32.9 Å². The molecule has 5 heteroatoms. The van der Waals surface area contributed by atoms with E-state index < -0.39 is 5.97 Å². The monoisotopic (exact) mass is 253 g/mol. The molecule has 100 valence electrons. The number of hydrogen-bond acceptors (Lipinski definition) is 5. The Hall–Kier alpha value is -1.75. The van der Waals surface area contributed by atoms with Gasteiger partial charge >= 0.3 is 5.97 Å². The molecule has 0 radical (unpaired) electrons. The number of esters is 1. The fourth-order valence-corrected chi connectivity index (χ4v) is 1.47. The Labute approximate surface area is 107 Å². The van der Waals surface area contributed by atoms with Crippen LogP contribution in [0.15, 0.2) is 18.2 Å². The highest BCUT2D eigenvalue weighted by Crippen LogP contribution is 2.26. The van der Waals surface area contributed by atoms with Gasteiger partial charge in [0.05, 0.1) is 18.9 Å². The largest absolute Gasteiger partial charge is 0.491 e. The summed E-state index contributed by atoms with van der Waals surface area (Å²) in [5.41, 5.74) is 6.56. The van der Waals surface area contributed by atoms with E-state index in [2.05, 4.69) is 0 Å². The predicted molar refractivity (Wildman–Crippen MR) is 68.8 cm³/mol. The third kappa shape index (κ3) is 3.92. The number of methoxy groups -OCH3 is 1. The van der Waals surface area contributed by atoms with Crippen LogP contribution in [0.2, 0.25) is 0 Å². The van der Waals surface area contributed by atoms with Crippen LogP contribution in [0.5, 0.6) is 5.75 Å². The summed E-state index contributed by atoms with van der Waals surface area (Å²) in [4.78, 5) is 11.9. The SMILES string of the molecule is CCOc1c(N)cccc1C(=O)OCCCOC. The average Bonchev–Trinajstić information content (AvgIpc) is 2.37. The molecule has 0 spiro atoms. The van der Waals surface area contributed by atoms with Gasteiger partial charge in [0, 0.05) is 20.1 Å². The Morgan fingerprint density at radius 1 is 1.33 bits per heavy atom. The normalized spacial score (nSPS) is 10.1. The molecule has 0 amide bonds. The Kier molecular flexibility index (Phi) is 6.00. The molecule has 0 saturated heterocycles. The minimum Gasteiger partial charge on any atom is -0.491 e. The van der Waals surface area contributed by atoms with Crippen molar-refractivity contribution in [1.29, 1.82) is 0 Å². The van der Waals surface area contributed by atoms with Gasteiger partial charge in [-0.3, -0.25) is 0 Å². The van der Waals surface area contributed by atoms with E-state index in [1.165, 1.54) is 0 Å². The van der Waals surface area contributed by atoms with Crippen molar-refractivity contribution in [2.24, 2.45) is 0 Å². The number of carbonyl (C=O) groups is 1. The van der Waals surface area contributed by atoms with Gasteiger partial charge in [-0.25, -0.2) is 4.79 Å². The molecule has 18 heavy (non-hydrogen) atoms. The van der Waals surface area contributed by atoms with Crippen LogP contribution in [0.4, 0.5) is 5.69 Å². The second-order valence-electron chi connectivity index (χ2n) is 3.64. The van der Waals surface area contributed by atoms with Crippen molar-refractivity contribution in [2.45, 2.75) is 13.3 Å². The van der Waals surface area contributed by atoms with Gasteiger partial charge in [0.25, 0.3) is 0 Å². The smallest absolute Gasteiger partial charge is 0.342 e. The van der Waals surface area contributed by atoms with E-state index in [0.29, 0.717) is 43.2 Å². The summed E-state index contributed by atoms with van der Waals surface area (Å²) < 4.78 is 15.4. The molecule has 0 atom stereocenters. The number of para-hydroxylation sites is 1. The van der Waals surface area contributed by atoms with Gasteiger partial charge in [0.2, 0.25) is 0 Å². The first kappa shape index (κ1) is 14.3. The molecule has 0 aliphatic carbocycles. The van der Waals surface area contributed by atoms with Crippen LogP contribution >= 0.6 is 0 Å². The lowest BCUT2D eigenvalue weighted by Crippen LogP contribution is -2.11. The first-order valence-corrected chi connectivity index (χ1v) is 5.88. The predicted octanol–water partition coefficient (Wildman–Crippen LogP) is 1.86. The van der Waals surface area contributed by atoms with E-state index in [1.807, 2.05) is 6.92 Å². The van der Waals surface area contributed by atoms with Crippen LogP contribution < -0.4 is 10.5 Å². The third-order valence-electron chi connectivity index (χ3n) is 2.28. The number of ether oxygens (including phenoxy) is 3. The minimum atomic E-state index is -0.429. The molecular formula is C13H19NO4. The van der Waals surface area contributed by atoms with E-state index in [0.717, 1.165) is 0 Å². The molecule has 1 aromatic carbocycles. The molecular weight excluding hydrogens is 234 g/mol. The molecule has 0 aromatic heterocycles. The van der Waals surface area contributed by atoms with Gasteiger partial charge in [-0.1, -0.05) is 6.07 Å². The van der Waals surface area contributed by atoms with Gasteiger partial charge < -0.3 is 19.9 Å². The van der Waals surface area contributed by atoms with Crippen molar-refractivity contribution in [3.63, 3.8) is 0 Å². The van der Waals surface area contributed by atoms with Gasteiger partial charge in [0.15, 0.2) is 5.75 Å². The second kappa shape index (κ2) is 7.55. The van der Waals surface area contributed by atoms with E-state index >= 15 is 0 Å². The Morgan fingerprint density at radius 2 is 2.11 bits per heavy atom. The van der Waals surface area contributed by atoms with Crippen LogP contribution in [0.25, 0.3) is 0 Å². The van der Waals surface area contributed by atoms with Crippen molar-refractivity contribution < 1.29 is 19.0 Å². The summed E-state index contributed by atoms with van der Waals surface area (Å²) in [7, 11) is 1.60. The van der Waals surface area contributed by atoms with Crippen molar-refractivity contribution in [3.05, 3.63) is 23.8 Å². The van der Waals surface area contributed by atoms with E-state index in [4.69, 9.17) is 19.9 Å². The second-order valence-corrected chi connectivity index (χ2v) is 3.64. The summed E-state index contributed by atoms with van der Waals surface area (Å²) in [6, 6.07) is 5.02. The zero-order valence-corrected chi connectivity index (χ0v) is 10.8. The molecule has 5 nitrogen and oxygen atoms in total. The van der Waals surface area contributed by atoms with Crippen LogP contribution in [0.1, 0.15) is 23.7 Å². The van der Waals surface area contributed by atoms with Crippen LogP contribution in [0, 0.1) is 0 Å². The fraction of sp³-hybridized carbons (Fsp3) is 0.462. The van der Waals surface area contributed by atoms with Crippen LogP contribution in [0.3, 0.4) is 0 Å². The summed E-state index contributed by atoms with van der Waals surface area (Å²) in [5, 5.41) is 0. The van der Waals surface area contributed by atoms with Gasteiger partial charge in [-0.15, -0.1) is 0 Å². The summed E-state index contributed by atoms with van der Waals surface area (Å²) in [6.07, 6.45) is 0.661. The van der Waals surface area contributed by atoms with Crippen molar-refractivity contribution >= 4 is 11.7 Å². The zero-order valence-electron chi connectivity index (χ0n) is 10.8. The summed E-state index contributed by atoms with van der Waals surface area (Å²) in [6.45, 7) is 3.15. The number of nitrogens with two attached hydrogens (primary N) is 1. The molecule has 0 bridgehead atoms. The average molecular weight is 253 g/mol. The number of hydrogen-bond donors (Lipinski definition) is 1. The maximum atomic E-state index is 11.9. The lowest BCUT2D eigenvalue weighted by molar-refractivity contribution is 0.0464. The first-order chi connectivity index (χ1) is 8.70. The first-order valence-electron chi connectivity index (χ1n) is 5.88. The van der Waals surface area contributed by atoms with E-state index in [9.17, 15) is 4.79 Å². The van der Waals surface area contributed by atoms with Crippen molar-refractivity contribution in [3.8, 4) is 5.75 Å². The molecule has 0 unspecified atom stereocenters. The highest BCUT2D eigenvalue weighted by atomic mass is 16.5. The molecule has 0 fully saturated rings. The maximum absolute atomic E-state index is 11.9. The zero-order chi connectivity index (χ0) is 13.4. The van der Waals surface area contributed by atoms with Gasteiger partial charge in [-0.2, -0.15) is 0 Å². The highest BCUT2D eigenvalue weighted by Gasteiger charge is 2.15. The van der Waals surface area contributed by atoms with Crippen molar-refractivity contribution in [2.75, 3.05) is 32.7 Å². The quantitative estimate of drug-likeness (QED) is 0.456. The molecule has 2 N–H and O–H groups in total. The fourth-order valence-electron chi connectivity index (χ4n) is 1.47. The molecule has 0 aliphatic rings. The standard InChI is InChI=1S/C13H19NO4/c1-3-17-12-10(6-4-7-11(12)14)13(15)18-9-5-8-16-2/h4,6-7H,3,5,8-9,14H2,1-2H3. The topological polar surface area (TPSA) is 70.8 Å². The van der Waals surface area contributed by atoms with E-state index in [-0.39, 0.29) is 0 Å². The Bertz CT molecular complexity index is 393. The highest BCUT2D eigenvalue weighted by molar-refractivity contribution is 5.94. The van der Waals surface area contributed by atoms with E-state index in [1.54, 1.807) is 25.3 Å². The van der Waals surface area contributed by atoms with Crippen molar-refractivity contribution in [1.82, 2.24) is 0 Å². The number of carbonyl (C=O) groups excluding carboxylic acids is 1. The minimum absolute atomic E-state index is 0.313. The molecule has 1 rings (SSSR count). The lowest BCUT2D eigenvalue weighted by Gasteiger charge is -2.12. The Morgan fingerprint density at radius 3 is 2.78 bits per heavy atom.